The lowest BCUT2D eigenvalue weighted by atomic mass is 10.00. The first-order valence-electron chi connectivity index (χ1n) is 9.74. The molecule has 7 heteroatoms. The molecular formula is C22H22N4O2S. The number of fused-ring (bicyclic) bond motifs is 3. The van der Waals surface area contributed by atoms with Crippen LogP contribution in [-0.4, -0.2) is 41.6 Å². The molecule has 0 unspecified atom stereocenters. The van der Waals surface area contributed by atoms with Gasteiger partial charge in [0.2, 0.25) is 5.95 Å². The van der Waals surface area contributed by atoms with Gasteiger partial charge in [0.15, 0.2) is 9.84 Å². The van der Waals surface area contributed by atoms with Crippen LogP contribution < -0.4 is 5.32 Å². The number of para-hydroxylation sites is 1. The molecule has 0 radical (unpaired) electrons. The Morgan fingerprint density at radius 1 is 1.00 bits per heavy atom. The van der Waals surface area contributed by atoms with E-state index in [4.69, 9.17) is 4.98 Å². The summed E-state index contributed by atoms with van der Waals surface area (Å²) in [6.07, 6.45) is 1.67. The maximum absolute atomic E-state index is 12.9. The standard InChI is InChI=1S/C22H22N4O2S/c27-29(28)15-17-11-23-22(24-18-9-5-2-6-10-18)25-21(17)19-13-26(14-20(19)29)12-16-7-3-1-4-8-16/h1-11,19-20H,12-15H2,(H,23,24,25)/t19-,20+/m0/s1. The van der Waals surface area contributed by atoms with E-state index in [1.165, 1.54) is 5.56 Å². The molecular weight excluding hydrogens is 384 g/mol. The number of benzene rings is 2. The maximum atomic E-state index is 12.9. The van der Waals surface area contributed by atoms with Crippen molar-refractivity contribution in [1.29, 1.82) is 0 Å². The van der Waals surface area contributed by atoms with Crippen molar-refractivity contribution in [2.24, 2.45) is 0 Å². The Bertz CT molecular complexity index is 1120. The molecule has 1 aromatic heterocycles. The third-order valence-corrected chi connectivity index (χ3v) is 7.80. The Hall–Kier alpha value is -2.77. The zero-order valence-corrected chi connectivity index (χ0v) is 16.7. The minimum atomic E-state index is -3.21. The second kappa shape index (κ2) is 7.24. The van der Waals surface area contributed by atoms with E-state index in [-0.39, 0.29) is 11.7 Å². The lowest BCUT2D eigenvalue weighted by Crippen LogP contribution is -2.35. The lowest BCUT2D eigenvalue weighted by Gasteiger charge is -2.26. The normalized spacial score (nSPS) is 22.6. The summed E-state index contributed by atoms with van der Waals surface area (Å²) < 4.78 is 25.8. The predicted molar refractivity (Wildman–Crippen MR) is 113 cm³/mol. The average Bonchev–Trinajstić information content (AvgIpc) is 3.15. The second-order valence-electron chi connectivity index (χ2n) is 7.73. The third-order valence-electron chi connectivity index (χ3n) is 5.69. The minimum absolute atomic E-state index is 0.0221. The summed E-state index contributed by atoms with van der Waals surface area (Å²) in [7, 11) is -3.21. The molecule has 1 saturated heterocycles. The number of rotatable bonds is 4. The van der Waals surface area contributed by atoms with Crippen molar-refractivity contribution in [2.45, 2.75) is 23.5 Å². The fourth-order valence-electron chi connectivity index (χ4n) is 4.34. The van der Waals surface area contributed by atoms with E-state index in [0.717, 1.165) is 23.5 Å². The van der Waals surface area contributed by atoms with Crippen LogP contribution in [0.4, 0.5) is 11.6 Å². The third kappa shape index (κ3) is 3.63. The highest BCUT2D eigenvalue weighted by atomic mass is 32.2. The average molecular weight is 407 g/mol. The van der Waals surface area contributed by atoms with Crippen LogP contribution in [0, 0.1) is 0 Å². The fourth-order valence-corrected chi connectivity index (χ4v) is 6.36. The van der Waals surface area contributed by atoms with Gasteiger partial charge in [0.05, 0.1) is 16.7 Å². The monoisotopic (exact) mass is 406 g/mol. The molecule has 2 aliphatic heterocycles. The Balaban J connectivity index is 1.44. The number of aromatic nitrogens is 2. The number of nitrogens with zero attached hydrogens (tertiary/aromatic N) is 3. The molecule has 6 nitrogen and oxygen atoms in total. The molecule has 0 spiro atoms. The number of sulfone groups is 1. The second-order valence-corrected chi connectivity index (χ2v) is 9.95. The number of hydrogen-bond acceptors (Lipinski definition) is 6. The Morgan fingerprint density at radius 2 is 1.72 bits per heavy atom. The predicted octanol–water partition coefficient (Wildman–Crippen LogP) is 3.12. The number of likely N-dealkylation sites (tertiary alicyclic amines) is 1. The summed E-state index contributed by atoms with van der Waals surface area (Å²) in [6.45, 7) is 1.99. The van der Waals surface area contributed by atoms with Gasteiger partial charge in [-0.05, 0) is 17.7 Å². The van der Waals surface area contributed by atoms with Crippen molar-refractivity contribution in [3.8, 4) is 0 Å². The molecule has 0 amide bonds. The summed E-state index contributed by atoms with van der Waals surface area (Å²) in [5, 5.41) is 2.82. The van der Waals surface area contributed by atoms with E-state index in [1.54, 1.807) is 6.20 Å². The molecule has 2 atom stereocenters. The van der Waals surface area contributed by atoms with Gasteiger partial charge in [0.1, 0.15) is 0 Å². The van der Waals surface area contributed by atoms with Crippen LogP contribution in [-0.2, 0) is 22.1 Å². The summed E-state index contributed by atoms with van der Waals surface area (Å²) >= 11 is 0. The number of anilines is 2. The summed E-state index contributed by atoms with van der Waals surface area (Å²) in [6, 6.07) is 19.9. The van der Waals surface area contributed by atoms with Crippen molar-refractivity contribution in [2.75, 3.05) is 18.4 Å². The van der Waals surface area contributed by atoms with E-state index in [9.17, 15) is 8.42 Å². The topological polar surface area (TPSA) is 75.2 Å². The Kier molecular flexibility index (Phi) is 4.56. The van der Waals surface area contributed by atoms with Crippen LogP contribution in [0.2, 0.25) is 0 Å². The number of nitrogens with one attached hydrogen (secondary N) is 1. The highest BCUT2D eigenvalue weighted by molar-refractivity contribution is 7.91. The summed E-state index contributed by atoms with van der Waals surface area (Å²) in [5.74, 6) is 0.412. The van der Waals surface area contributed by atoms with Gasteiger partial charge in [-0.15, -0.1) is 0 Å². The van der Waals surface area contributed by atoms with Gasteiger partial charge in [-0.3, -0.25) is 4.90 Å². The zero-order valence-electron chi connectivity index (χ0n) is 15.9. The molecule has 1 fully saturated rings. The van der Waals surface area contributed by atoms with Crippen LogP contribution >= 0.6 is 0 Å². The molecule has 2 aromatic carbocycles. The van der Waals surface area contributed by atoms with E-state index in [0.29, 0.717) is 19.0 Å². The SMILES string of the molecule is O=S1(=O)Cc2cnc(Nc3ccccc3)nc2[C@H]2CN(Cc3ccccc3)C[C@H]21. The molecule has 5 rings (SSSR count). The fraction of sp³-hybridized carbons (Fsp3) is 0.273. The van der Waals surface area contributed by atoms with Gasteiger partial charge in [0, 0.05) is 43.0 Å². The molecule has 0 bridgehead atoms. The van der Waals surface area contributed by atoms with Crippen LogP contribution in [0.15, 0.2) is 66.9 Å². The van der Waals surface area contributed by atoms with Gasteiger partial charge in [-0.2, -0.15) is 0 Å². The van der Waals surface area contributed by atoms with Crippen molar-refractivity contribution in [1.82, 2.24) is 14.9 Å². The lowest BCUT2D eigenvalue weighted by molar-refractivity contribution is 0.326. The first kappa shape index (κ1) is 18.3. The summed E-state index contributed by atoms with van der Waals surface area (Å²) in [4.78, 5) is 11.3. The van der Waals surface area contributed by atoms with Gasteiger partial charge < -0.3 is 5.32 Å². The highest BCUT2D eigenvalue weighted by Gasteiger charge is 2.47. The highest BCUT2D eigenvalue weighted by Crippen LogP contribution is 2.39. The van der Waals surface area contributed by atoms with Crippen molar-refractivity contribution in [3.05, 3.63) is 83.7 Å². The van der Waals surface area contributed by atoms with Crippen LogP contribution in [0.3, 0.4) is 0 Å². The van der Waals surface area contributed by atoms with Crippen molar-refractivity contribution in [3.63, 3.8) is 0 Å². The number of hydrogen-bond donors (Lipinski definition) is 1. The van der Waals surface area contributed by atoms with E-state index in [2.05, 4.69) is 27.3 Å². The first-order chi connectivity index (χ1) is 14.1. The van der Waals surface area contributed by atoms with Gasteiger partial charge in [0.25, 0.3) is 0 Å². The first-order valence-corrected chi connectivity index (χ1v) is 11.5. The molecule has 3 heterocycles. The smallest absolute Gasteiger partial charge is 0.227 e. The van der Waals surface area contributed by atoms with Gasteiger partial charge in [-0.25, -0.2) is 18.4 Å². The molecule has 29 heavy (non-hydrogen) atoms. The van der Waals surface area contributed by atoms with Gasteiger partial charge >= 0.3 is 0 Å². The maximum Gasteiger partial charge on any atom is 0.227 e. The van der Waals surface area contributed by atoms with Crippen molar-refractivity contribution < 1.29 is 8.42 Å². The summed E-state index contributed by atoms with van der Waals surface area (Å²) in [5.41, 5.74) is 3.70. The minimum Gasteiger partial charge on any atom is -0.324 e. The quantitative estimate of drug-likeness (QED) is 0.718. The van der Waals surface area contributed by atoms with Crippen LogP contribution in [0.1, 0.15) is 22.7 Å². The largest absolute Gasteiger partial charge is 0.324 e. The molecule has 0 saturated carbocycles. The van der Waals surface area contributed by atoms with Crippen molar-refractivity contribution >= 4 is 21.5 Å². The van der Waals surface area contributed by atoms with Crippen LogP contribution in [0.25, 0.3) is 0 Å². The Morgan fingerprint density at radius 3 is 2.48 bits per heavy atom. The Labute approximate surface area is 170 Å². The zero-order chi connectivity index (χ0) is 19.8. The molecule has 148 valence electrons. The van der Waals surface area contributed by atoms with E-state index < -0.39 is 15.1 Å². The van der Waals surface area contributed by atoms with Gasteiger partial charge in [-0.1, -0.05) is 48.5 Å². The van der Waals surface area contributed by atoms with E-state index >= 15 is 0 Å². The molecule has 3 aromatic rings. The molecule has 0 aliphatic carbocycles. The molecule has 2 aliphatic rings. The molecule has 1 N–H and O–H groups in total. The van der Waals surface area contributed by atoms with Crippen LogP contribution in [0.5, 0.6) is 0 Å². The van der Waals surface area contributed by atoms with E-state index in [1.807, 2.05) is 48.5 Å².